The van der Waals surface area contributed by atoms with E-state index in [1.165, 1.54) is 21.2 Å². The highest BCUT2D eigenvalue weighted by molar-refractivity contribution is 5.57. The average molecular weight is 511 g/mol. The molecule has 0 fully saturated rings. The fourth-order valence-corrected chi connectivity index (χ4v) is 4.41. The fraction of sp³-hybridized carbons (Fsp3) is 0.333. The van der Waals surface area contributed by atoms with Gasteiger partial charge in [0.2, 0.25) is 0 Å². The maximum absolute atomic E-state index is 12.9. The average Bonchev–Trinajstić information content (AvgIpc) is 2.79. The van der Waals surface area contributed by atoms with Crippen molar-refractivity contribution in [2.24, 2.45) is 0 Å². The van der Waals surface area contributed by atoms with Crippen LogP contribution in [0.1, 0.15) is 22.3 Å². The third kappa shape index (κ3) is 6.13. The maximum Gasteiger partial charge on any atom is 0.405 e. The van der Waals surface area contributed by atoms with Crippen LogP contribution in [0.25, 0.3) is 0 Å². The Bertz CT molecular complexity index is 1080. The minimum Gasteiger partial charge on any atom is -0.366 e. The highest BCUT2D eigenvalue weighted by atomic mass is 19.4. The minimum atomic E-state index is -4.34. The van der Waals surface area contributed by atoms with Gasteiger partial charge in [0.05, 0.1) is 0 Å². The van der Waals surface area contributed by atoms with Gasteiger partial charge in [0.25, 0.3) is 0 Å². The molecule has 0 saturated heterocycles. The van der Waals surface area contributed by atoms with Gasteiger partial charge in [-0.1, -0.05) is 48.5 Å². The monoisotopic (exact) mass is 510 g/mol. The second-order valence-electron chi connectivity index (χ2n) is 8.74. The van der Waals surface area contributed by atoms with Crippen molar-refractivity contribution in [3.63, 3.8) is 0 Å². The molecule has 0 unspecified atom stereocenters. The smallest absolute Gasteiger partial charge is 0.366 e. The number of alkyl halides is 6. The van der Waals surface area contributed by atoms with E-state index in [4.69, 9.17) is 4.74 Å². The highest BCUT2D eigenvalue weighted by Crippen LogP contribution is 2.42. The maximum atomic E-state index is 12.9. The number of hydrogen-bond donors (Lipinski definition) is 0. The van der Waals surface area contributed by atoms with Gasteiger partial charge in [0, 0.05) is 32.6 Å². The van der Waals surface area contributed by atoms with E-state index in [-0.39, 0.29) is 0 Å². The zero-order valence-corrected chi connectivity index (χ0v) is 20.4. The molecular formula is C27H28F6N2O. The number of rotatable bonds is 8. The molecule has 0 amide bonds. The molecule has 0 spiro atoms. The molecule has 36 heavy (non-hydrogen) atoms. The molecule has 3 nitrogen and oxygen atoms in total. The van der Waals surface area contributed by atoms with E-state index in [1.54, 1.807) is 48.5 Å². The molecule has 3 aromatic carbocycles. The molecule has 3 aromatic rings. The van der Waals surface area contributed by atoms with Gasteiger partial charge >= 0.3 is 12.4 Å². The fourth-order valence-electron chi connectivity index (χ4n) is 4.41. The summed E-state index contributed by atoms with van der Waals surface area (Å²) in [5.74, 6) is 0. The molecule has 9 heteroatoms. The van der Waals surface area contributed by atoms with Crippen molar-refractivity contribution in [2.75, 3.05) is 44.1 Å². The van der Waals surface area contributed by atoms with Crippen LogP contribution in [0, 0.1) is 6.92 Å². The molecule has 0 aliphatic rings. The van der Waals surface area contributed by atoms with Gasteiger partial charge in [0.15, 0.2) is 0 Å². The van der Waals surface area contributed by atoms with Gasteiger partial charge in [-0.3, -0.25) is 0 Å². The second-order valence-corrected chi connectivity index (χ2v) is 8.74. The Kier molecular flexibility index (Phi) is 7.93. The van der Waals surface area contributed by atoms with E-state index in [1.807, 2.05) is 31.2 Å². The lowest BCUT2D eigenvalue weighted by atomic mass is 9.78. The zero-order chi connectivity index (χ0) is 26.7. The van der Waals surface area contributed by atoms with Crippen molar-refractivity contribution >= 4 is 11.4 Å². The van der Waals surface area contributed by atoms with Gasteiger partial charge < -0.3 is 14.5 Å². The first kappa shape index (κ1) is 27.4. The van der Waals surface area contributed by atoms with E-state index in [2.05, 4.69) is 0 Å². The number of hydrogen-bond acceptors (Lipinski definition) is 3. The number of aryl methyl sites for hydroxylation is 1. The molecule has 0 saturated carbocycles. The van der Waals surface area contributed by atoms with Crippen LogP contribution in [0.15, 0.2) is 72.8 Å². The lowest BCUT2D eigenvalue weighted by molar-refractivity contribution is -0.120. The summed E-state index contributed by atoms with van der Waals surface area (Å²) in [7, 11) is 4.26. The van der Waals surface area contributed by atoms with Crippen molar-refractivity contribution in [2.45, 2.75) is 24.9 Å². The first-order chi connectivity index (χ1) is 16.8. The lowest BCUT2D eigenvalue weighted by Gasteiger charge is -2.36. The van der Waals surface area contributed by atoms with Crippen LogP contribution >= 0.6 is 0 Å². The summed E-state index contributed by atoms with van der Waals surface area (Å²) in [5, 5.41) is 0. The van der Waals surface area contributed by atoms with E-state index < -0.39 is 31.0 Å². The molecule has 0 aliphatic carbocycles. The largest absolute Gasteiger partial charge is 0.405 e. The van der Waals surface area contributed by atoms with Crippen molar-refractivity contribution < 1.29 is 31.1 Å². The summed E-state index contributed by atoms with van der Waals surface area (Å²) >= 11 is 0. The summed E-state index contributed by atoms with van der Waals surface area (Å²) in [6.07, 6.45) is -8.68. The molecule has 0 N–H and O–H groups in total. The minimum absolute atomic E-state index is 0.384. The molecule has 0 atom stereocenters. The molecule has 0 aliphatic heterocycles. The van der Waals surface area contributed by atoms with Crippen molar-refractivity contribution in [1.29, 1.82) is 0 Å². The van der Waals surface area contributed by atoms with E-state index >= 15 is 0 Å². The highest BCUT2D eigenvalue weighted by Gasteiger charge is 2.38. The van der Waals surface area contributed by atoms with Crippen LogP contribution in [-0.4, -0.2) is 46.6 Å². The third-order valence-electron chi connectivity index (χ3n) is 6.09. The van der Waals surface area contributed by atoms with Crippen LogP contribution in [0.4, 0.5) is 37.7 Å². The molecule has 0 aromatic heterocycles. The summed E-state index contributed by atoms with van der Waals surface area (Å²) in [4.78, 5) is 2.22. The van der Waals surface area contributed by atoms with Crippen molar-refractivity contribution in [1.82, 2.24) is 0 Å². The van der Waals surface area contributed by atoms with Gasteiger partial charge in [-0.05, 0) is 53.4 Å². The number of methoxy groups -OCH3 is 1. The third-order valence-corrected chi connectivity index (χ3v) is 6.09. The predicted molar refractivity (Wildman–Crippen MR) is 130 cm³/mol. The predicted octanol–water partition coefficient (Wildman–Crippen LogP) is 6.93. The number of anilines is 2. The Hall–Kier alpha value is -3.20. The summed E-state index contributed by atoms with van der Waals surface area (Å²) in [6.45, 7) is -0.265. The SMILES string of the molecule is COC(c1ccc(N(C)CC(F)(F)F)cc1)(c1ccc(N(C)CC(F)(F)F)cc1)c1ccccc1C. The van der Waals surface area contributed by atoms with Crippen LogP contribution in [-0.2, 0) is 10.3 Å². The lowest BCUT2D eigenvalue weighted by Crippen LogP contribution is -2.33. The summed E-state index contributed by atoms with van der Waals surface area (Å²) < 4.78 is 83.3. The van der Waals surface area contributed by atoms with Gasteiger partial charge in [-0.2, -0.15) is 26.3 Å². The number of benzene rings is 3. The molecule has 0 bridgehead atoms. The first-order valence-corrected chi connectivity index (χ1v) is 11.1. The normalized spacial score (nSPS) is 12.5. The van der Waals surface area contributed by atoms with Crippen LogP contribution in [0.5, 0.6) is 0 Å². The molecule has 3 rings (SSSR count). The van der Waals surface area contributed by atoms with Crippen LogP contribution < -0.4 is 9.80 Å². The van der Waals surface area contributed by atoms with Crippen molar-refractivity contribution in [3.05, 3.63) is 95.1 Å². The quantitative estimate of drug-likeness (QED) is 0.241. The zero-order valence-electron chi connectivity index (χ0n) is 20.4. The molecule has 0 radical (unpaired) electrons. The molecule has 0 heterocycles. The topological polar surface area (TPSA) is 15.7 Å². The van der Waals surface area contributed by atoms with E-state index in [0.717, 1.165) is 20.9 Å². The summed E-state index contributed by atoms with van der Waals surface area (Å²) in [6, 6.07) is 20.8. The number of ether oxygens (including phenoxy) is 1. The number of nitrogens with zero attached hydrogens (tertiary/aromatic N) is 2. The standard InChI is InChI=1S/C27H28F6N2O/c1-19-7-5-6-8-24(19)27(36-4,20-9-13-22(14-10-20)34(2)17-25(28,29)30)21-11-15-23(16-12-21)35(3)18-26(31,32)33/h5-16H,17-18H2,1-4H3. The Morgan fingerprint density at radius 1 is 0.639 bits per heavy atom. The number of halogens is 6. The van der Waals surface area contributed by atoms with E-state index in [0.29, 0.717) is 22.5 Å². The van der Waals surface area contributed by atoms with Gasteiger partial charge in [-0.25, -0.2) is 0 Å². The Morgan fingerprint density at radius 3 is 1.36 bits per heavy atom. The van der Waals surface area contributed by atoms with Crippen molar-refractivity contribution in [3.8, 4) is 0 Å². The Labute approximate surface area is 206 Å². The first-order valence-electron chi connectivity index (χ1n) is 11.1. The molecular weight excluding hydrogens is 482 g/mol. The van der Waals surface area contributed by atoms with Crippen LogP contribution in [0.3, 0.4) is 0 Å². The molecule has 194 valence electrons. The van der Waals surface area contributed by atoms with Gasteiger partial charge in [0.1, 0.15) is 18.7 Å². The van der Waals surface area contributed by atoms with Crippen LogP contribution in [0.2, 0.25) is 0 Å². The summed E-state index contributed by atoms with van der Waals surface area (Å²) in [5.41, 5.74) is 2.67. The Morgan fingerprint density at radius 2 is 1.03 bits per heavy atom. The Balaban J connectivity index is 2.09. The van der Waals surface area contributed by atoms with E-state index in [9.17, 15) is 26.3 Å². The van der Waals surface area contributed by atoms with Gasteiger partial charge in [-0.15, -0.1) is 0 Å². The second kappa shape index (κ2) is 10.4.